The van der Waals surface area contributed by atoms with Crippen LogP contribution in [0, 0.1) is 5.92 Å². The van der Waals surface area contributed by atoms with Gasteiger partial charge in [-0.05, 0) is 50.2 Å². The Morgan fingerprint density at radius 2 is 1.47 bits per heavy atom. The van der Waals surface area contributed by atoms with Crippen LogP contribution in [-0.2, 0) is 4.43 Å². The van der Waals surface area contributed by atoms with Crippen LogP contribution in [0.2, 0.25) is 18.1 Å². The molecule has 0 amide bonds. The van der Waals surface area contributed by atoms with Crippen molar-refractivity contribution >= 4 is 8.32 Å². The summed E-state index contributed by atoms with van der Waals surface area (Å²) < 4.78 is 6.38. The van der Waals surface area contributed by atoms with Crippen molar-refractivity contribution in [3.8, 4) is 0 Å². The van der Waals surface area contributed by atoms with Crippen molar-refractivity contribution in [2.45, 2.75) is 97.6 Å². The number of hydrogen-bond donors (Lipinski definition) is 1. The lowest BCUT2D eigenvalue weighted by Crippen LogP contribution is -2.45. The van der Waals surface area contributed by atoms with E-state index in [1.54, 1.807) is 0 Å². The van der Waals surface area contributed by atoms with Gasteiger partial charge in [0.1, 0.15) is 0 Å². The van der Waals surface area contributed by atoms with Crippen molar-refractivity contribution in [2.24, 2.45) is 5.92 Å². The minimum atomic E-state index is -1.70. The van der Waals surface area contributed by atoms with E-state index in [4.69, 9.17) is 4.43 Å². The van der Waals surface area contributed by atoms with Gasteiger partial charge in [-0.2, -0.15) is 0 Å². The fourth-order valence-corrected chi connectivity index (χ4v) is 3.85. The lowest BCUT2D eigenvalue weighted by atomic mass is 9.81. The largest absolute Gasteiger partial charge is 0.414 e. The first-order valence-corrected chi connectivity index (χ1v) is 10.7. The van der Waals surface area contributed by atoms with Crippen molar-refractivity contribution < 1.29 is 9.53 Å². The van der Waals surface area contributed by atoms with E-state index < -0.39 is 13.9 Å². The third-order valence-corrected chi connectivity index (χ3v) is 9.73. The predicted octanol–water partition coefficient (Wildman–Crippen LogP) is 4.97. The highest BCUT2D eigenvalue weighted by Crippen LogP contribution is 2.38. The van der Waals surface area contributed by atoms with Gasteiger partial charge in [-0.25, -0.2) is 0 Å². The molecule has 0 aliphatic rings. The molecule has 0 aromatic carbocycles. The summed E-state index contributed by atoms with van der Waals surface area (Å²) in [4.78, 5) is 0. The molecule has 19 heavy (non-hydrogen) atoms. The van der Waals surface area contributed by atoms with E-state index in [-0.39, 0.29) is 17.1 Å². The Hall–Kier alpha value is 0.137. The minimum absolute atomic E-state index is 0.223. The first-order valence-electron chi connectivity index (χ1n) is 7.79. The van der Waals surface area contributed by atoms with Crippen molar-refractivity contribution in [1.29, 1.82) is 0 Å². The number of hydrogen-bond acceptors (Lipinski definition) is 2. The van der Waals surface area contributed by atoms with Gasteiger partial charge in [0.2, 0.25) is 0 Å². The maximum Gasteiger partial charge on any atom is 0.192 e. The summed E-state index contributed by atoms with van der Waals surface area (Å²) >= 11 is 0. The minimum Gasteiger partial charge on any atom is -0.414 e. The highest BCUT2D eigenvalue weighted by Gasteiger charge is 2.39. The molecule has 0 unspecified atom stereocenters. The summed E-state index contributed by atoms with van der Waals surface area (Å²) in [5.74, 6) is 0.280. The molecule has 0 fully saturated rings. The Morgan fingerprint density at radius 3 is 1.79 bits per heavy atom. The topological polar surface area (TPSA) is 29.5 Å². The lowest BCUT2D eigenvalue weighted by Gasteiger charge is -2.40. The molecule has 116 valence electrons. The number of aliphatic hydroxyl groups is 1. The van der Waals surface area contributed by atoms with Crippen molar-refractivity contribution in [1.82, 2.24) is 0 Å². The van der Waals surface area contributed by atoms with E-state index in [0.717, 1.165) is 19.3 Å². The van der Waals surface area contributed by atoms with Crippen LogP contribution in [0.3, 0.4) is 0 Å². The molecule has 0 saturated heterocycles. The summed E-state index contributed by atoms with van der Waals surface area (Å²) in [5.41, 5.74) is -0.537. The molecule has 1 N–H and O–H groups in total. The second-order valence-corrected chi connectivity index (χ2v) is 12.4. The molecular weight excluding hydrogens is 252 g/mol. The Balaban J connectivity index is 4.60. The summed E-state index contributed by atoms with van der Waals surface area (Å²) in [6, 6.07) is 0. The third kappa shape index (κ3) is 5.20. The molecule has 0 aromatic rings. The average molecular weight is 289 g/mol. The van der Waals surface area contributed by atoms with Gasteiger partial charge in [-0.3, -0.25) is 0 Å². The van der Waals surface area contributed by atoms with E-state index in [2.05, 4.69) is 61.6 Å². The van der Waals surface area contributed by atoms with Crippen LogP contribution in [0.15, 0.2) is 0 Å². The van der Waals surface area contributed by atoms with Crippen LogP contribution >= 0.6 is 0 Å². The molecule has 0 radical (unpaired) electrons. The summed E-state index contributed by atoms with van der Waals surface area (Å²) in [7, 11) is -1.70. The summed E-state index contributed by atoms with van der Waals surface area (Å²) in [5, 5.41) is 10.8. The molecular formula is C16H36O2Si. The van der Waals surface area contributed by atoms with Gasteiger partial charge in [-0.15, -0.1) is 0 Å². The van der Waals surface area contributed by atoms with Crippen LogP contribution in [0.1, 0.15) is 67.7 Å². The molecule has 2 nitrogen and oxygen atoms in total. The van der Waals surface area contributed by atoms with Crippen LogP contribution < -0.4 is 0 Å². The number of rotatable bonds is 7. The molecule has 3 heteroatoms. The van der Waals surface area contributed by atoms with Gasteiger partial charge in [0.25, 0.3) is 0 Å². The molecule has 0 bridgehead atoms. The van der Waals surface area contributed by atoms with E-state index in [1.165, 1.54) is 0 Å². The van der Waals surface area contributed by atoms with Gasteiger partial charge < -0.3 is 9.53 Å². The van der Waals surface area contributed by atoms with Crippen molar-refractivity contribution in [2.75, 3.05) is 0 Å². The first-order chi connectivity index (χ1) is 8.39. The van der Waals surface area contributed by atoms with Crippen LogP contribution in [0.4, 0.5) is 0 Å². The smallest absolute Gasteiger partial charge is 0.192 e. The van der Waals surface area contributed by atoms with Gasteiger partial charge in [0.05, 0.1) is 5.60 Å². The third-order valence-electron chi connectivity index (χ3n) is 5.13. The van der Waals surface area contributed by atoms with Crippen LogP contribution in [0.5, 0.6) is 0 Å². The quantitative estimate of drug-likeness (QED) is 0.670. The summed E-state index contributed by atoms with van der Waals surface area (Å²) in [6.45, 7) is 19.8. The molecule has 0 heterocycles. The Bertz CT molecular complexity index is 264. The molecule has 0 rings (SSSR count). The Labute approximate surface area is 122 Å². The standard InChI is InChI=1S/C16H36O2Si/c1-10-16(17,11-2)13(3)12-14(4)18-19(8,9)15(5,6)7/h13-14,17H,10-12H2,1-9H3/t13-,14-/m1/s1. The Morgan fingerprint density at radius 1 is 1.05 bits per heavy atom. The van der Waals surface area contributed by atoms with Gasteiger partial charge in [0, 0.05) is 6.10 Å². The van der Waals surface area contributed by atoms with E-state index in [9.17, 15) is 5.11 Å². The normalized spacial score (nSPS) is 17.4. The maximum atomic E-state index is 10.6. The van der Waals surface area contributed by atoms with Gasteiger partial charge in [-0.1, -0.05) is 41.5 Å². The predicted molar refractivity (Wildman–Crippen MR) is 87.1 cm³/mol. The fraction of sp³-hybridized carbons (Fsp3) is 1.00. The highest BCUT2D eigenvalue weighted by molar-refractivity contribution is 6.74. The molecule has 0 spiro atoms. The first kappa shape index (κ1) is 19.1. The van der Waals surface area contributed by atoms with Gasteiger partial charge in [0.15, 0.2) is 8.32 Å². The SMILES string of the molecule is CCC(O)(CC)[C@H](C)C[C@@H](C)O[Si](C)(C)C(C)(C)C. The van der Waals surface area contributed by atoms with Crippen LogP contribution in [-0.4, -0.2) is 25.1 Å². The van der Waals surface area contributed by atoms with Gasteiger partial charge >= 0.3 is 0 Å². The zero-order chi connectivity index (χ0) is 15.5. The van der Waals surface area contributed by atoms with Crippen molar-refractivity contribution in [3.05, 3.63) is 0 Å². The molecule has 0 aromatic heterocycles. The molecule has 0 aliphatic carbocycles. The highest BCUT2D eigenvalue weighted by atomic mass is 28.4. The zero-order valence-electron chi connectivity index (χ0n) is 14.6. The molecule has 0 saturated carbocycles. The second kappa shape index (κ2) is 6.73. The summed E-state index contributed by atoms with van der Waals surface area (Å²) in [6.07, 6.45) is 2.79. The monoisotopic (exact) mass is 288 g/mol. The van der Waals surface area contributed by atoms with Crippen molar-refractivity contribution in [3.63, 3.8) is 0 Å². The second-order valence-electron chi connectivity index (χ2n) is 7.64. The van der Waals surface area contributed by atoms with E-state index in [0.29, 0.717) is 0 Å². The lowest BCUT2D eigenvalue weighted by molar-refractivity contribution is -0.0335. The average Bonchev–Trinajstić information content (AvgIpc) is 2.25. The fourth-order valence-electron chi connectivity index (χ4n) is 2.39. The van der Waals surface area contributed by atoms with Crippen LogP contribution in [0.25, 0.3) is 0 Å². The maximum absolute atomic E-state index is 10.6. The molecule has 0 aliphatic heterocycles. The van der Waals surface area contributed by atoms with E-state index >= 15 is 0 Å². The zero-order valence-corrected chi connectivity index (χ0v) is 15.6. The molecule has 2 atom stereocenters. The van der Waals surface area contributed by atoms with E-state index in [1.807, 2.05) is 0 Å². The Kier molecular flexibility index (Phi) is 6.78.